The van der Waals surface area contributed by atoms with Crippen molar-refractivity contribution in [2.45, 2.75) is 38.0 Å². The molecule has 2 aliphatic heterocycles. The maximum absolute atomic E-state index is 14.0. The predicted octanol–water partition coefficient (Wildman–Crippen LogP) is 3.86. The van der Waals surface area contributed by atoms with E-state index in [1.807, 2.05) is 48.4 Å². The van der Waals surface area contributed by atoms with Crippen molar-refractivity contribution in [2.24, 2.45) is 12.5 Å². The minimum Gasteiger partial charge on any atom is -0.475 e. The van der Waals surface area contributed by atoms with Crippen molar-refractivity contribution in [2.75, 3.05) is 19.6 Å². The molecule has 2 saturated heterocycles. The molecule has 0 unspecified atom stereocenters. The van der Waals surface area contributed by atoms with Gasteiger partial charge in [0.15, 0.2) is 0 Å². The zero-order valence-electron chi connectivity index (χ0n) is 21.0. The molecule has 11 heteroatoms. The average Bonchev–Trinajstić information content (AvgIpc) is 3.46. The molecule has 202 valence electrons. The van der Waals surface area contributed by atoms with Gasteiger partial charge in [-0.15, -0.1) is 0 Å². The number of aryl methyl sites for hydroxylation is 1. The SMILES string of the molecule is Cn1nccc1[C@@H]1CN(Cc2cccnc2)C[C@]12CCCN(Cc1ccccc1)C2=O.O=C(O)C(F)(F)F. The summed E-state index contributed by atoms with van der Waals surface area (Å²) in [6.07, 6.45) is 2.46. The van der Waals surface area contributed by atoms with Crippen LogP contribution in [0, 0.1) is 5.41 Å². The summed E-state index contributed by atoms with van der Waals surface area (Å²) in [6, 6.07) is 16.5. The number of piperidine rings is 1. The van der Waals surface area contributed by atoms with E-state index in [2.05, 4.69) is 44.1 Å². The fourth-order valence-corrected chi connectivity index (χ4v) is 5.51. The lowest BCUT2D eigenvalue weighted by Crippen LogP contribution is -2.52. The van der Waals surface area contributed by atoms with Crippen LogP contribution in [-0.4, -0.2) is 67.4 Å². The Morgan fingerprint density at radius 1 is 1.08 bits per heavy atom. The van der Waals surface area contributed by atoms with Crippen LogP contribution in [0.25, 0.3) is 0 Å². The summed E-state index contributed by atoms with van der Waals surface area (Å²) < 4.78 is 33.7. The molecule has 38 heavy (non-hydrogen) atoms. The third kappa shape index (κ3) is 6.04. The minimum atomic E-state index is -5.08. The number of nitrogens with zero attached hydrogens (tertiary/aromatic N) is 5. The first-order valence-electron chi connectivity index (χ1n) is 12.3. The van der Waals surface area contributed by atoms with Gasteiger partial charge < -0.3 is 10.0 Å². The van der Waals surface area contributed by atoms with E-state index < -0.39 is 17.6 Å². The Bertz CT molecular complexity index is 1240. The first-order chi connectivity index (χ1) is 18.1. The van der Waals surface area contributed by atoms with Gasteiger partial charge in [0.1, 0.15) is 0 Å². The van der Waals surface area contributed by atoms with Gasteiger partial charge in [-0.25, -0.2) is 4.79 Å². The average molecular weight is 530 g/mol. The first kappa shape index (κ1) is 27.3. The number of amides is 1. The summed E-state index contributed by atoms with van der Waals surface area (Å²) in [5, 5.41) is 11.5. The van der Waals surface area contributed by atoms with Gasteiger partial charge in [0, 0.05) is 70.0 Å². The Morgan fingerprint density at radius 3 is 2.39 bits per heavy atom. The number of pyridine rings is 1. The van der Waals surface area contributed by atoms with Crippen LogP contribution in [0.2, 0.25) is 0 Å². The molecule has 0 bridgehead atoms. The highest BCUT2D eigenvalue weighted by atomic mass is 19.4. The van der Waals surface area contributed by atoms with E-state index in [1.165, 1.54) is 11.1 Å². The summed E-state index contributed by atoms with van der Waals surface area (Å²) in [5.41, 5.74) is 3.13. The van der Waals surface area contributed by atoms with E-state index in [9.17, 15) is 18.0 Å². The van der Waals surface area contributed by atoms with Crippen molar-refractivity contribution in [1.82, 2.24) is 24.6 Å². The van der Waals surface area contributed by atoms with Gasteiger partial charge in [0.2, 0.25) is 5.91 Å². The highest BCUT2D eigenvalue weighted by Crippen LogP contribution is 2.49. The van der Waals surface area contributed by atoms with Crippen LogP contribution in [-0.2, 0) is 29.7 Å². The van der Waals surface area contributed by atoms with Gasteiger partial charge >= 0.3 is 12.1 Å². The fourth-order valence-electron chi connectivity index (χ4n) is 5.51. The van der Waals surface area contributed by atoms with Crippen molar-refractivity contribution in [3.05, 3.63) is 83.9 Å². The second-order valence-corrected chi connectivity index (χ2v) is 9.74. The van der Waals surface area contributed by atoms with Crippen molar-refractivity contribution < 1.29 is 27.9 Å². The summed E-state index contributed by atoms with van der Waals surface area (Å²) in [6.45, 7) is 3.97. The number of hydrogen-bond donors (Lipinski definition) is 1. The molecule has 1 N–H and O–H groups in total. The Kier molecular flexibility index (Phi) is 8.15. The topological polar surface area (TPSA) is 91.6 Å². The van der Waals surface area contributed by atoms with Crippen molar-refractivity contribution in [3.63, 3.8) is 0 Å². The van der Waals surface area contributed by atoms with Crippen LogP contribution in [0.3, 0.4) is 0 Å². The van der Waals surface area contributed by atoms with Crippen LogP contribution in [0.15, 0.2) is 67.1 Å². The number of carbonyl (C=O) groups is 2. The van der Waals surface area contributed by atoms with Gasteiger partial charge in [-0.1, -0.05) is 36.4 Å². The largest absolute Gasteiger partial charge is 0.490 e. The highest BCUT2D eigenvalue weighted by Gasteiger charge is 2.55. The Labute approximate surface area is 218 Å². The Balaban J connectivity index is 0.000000426. The number of carboxylic acid groups (broad SMARTS) is 1. The summed E-state index contributed by atoms with van der Waals surface area (Å²) >= 11 is 0. The van der Waals surface area contributed by atoms with Gasteiger partial charge in [-0.3, -0.25) is 19.4 Å². The summed E-state index contributed by atoms with van der Waals surface area (Å²) in [7, 11) is 1.99. The van der Waals surface area contributed by atoms with Crippen molar-refractivity contribution >= 4 is 11.9 Å². The predicted molar refractivity (Wildman–Crippen MR) is 133 cm³/mol. The summed E-state index contributed by atoms with van der Waals surface area (Å²) in [5.74, 6) is -2.32. The molecule has 2 aromatic heterocycles. The second kappa shape index (κ2) is 11.3. The molecule has 2 aliphatic rings. The van der Waals surface area contributed by atoms with Gasteiger partial charge in [0.05, 0.1) is 5.41 Å². The molecule has 0 saturated carbocycles. The van der Waals surface area contributed by atoms with Crippen molar-refractivity contribution in [1.29, 1.82) is 0 Å². The maximum atomic E-state index is 14.0. The normalized spacial score (nSPS) is 21.8. The smallest absolute Gasteiger partial charge is 0.475 e. The molecule has 5 rings (SSSR count). The quantitative estimate of drug-likeness (QED) is 0.540. The zero-order chi connectivity index (χ0) is 27.3. The van der Waals surface area contributed by atoms with E-state index in [-0.39, 0.29) is 5.92 Å². The molecule has 1 aromatic carbocycles. The maximum Gasteiger partial charge on any atom is 0.490 e. The van der Waals surface area contributed by atoms with Gasteiger partial charge in [0.25, 0.3) is 0 Å². The number of carboxylic acids is 1. The van der Waals surface area contributed by atoms with Crippen LogP contribution in [0.5, 0.6) is 0 Å². The number of aliphatic carboxylic acids is 1. The van der Waals surface area contributed by atoms with Crippen LogP contribution in [0.1, 0.15) is 35.6 Å². The van der Waals surface area contributed by atoms with E-state index in [0.717, 1.165) is 44.7 Å². The minimum absolute atomic E-state index is 0.141. The highest BCUT2D eigenvalue weighted by molar-refractivity contribution is 5.85. The van der Waals surface area contributed by atoms with E-state index in [1.54, 1.807) is 6.20 Å². The number of likely N-dealkylation sites (tertiary alicyclic amines) is 2. The number of carbonyl (C=O) groups excluding carboxylic acids is 1. The fraction of sp³-hybridized carbons (Fsp3) is 0.407. The molecule has 1 spiro atoms. The molecule has 1 amide bonds. The molecular weight excluding hydrogens is 499 g/mol. The molecule has 0 radical (unpaired) electrons. The second-order valence-electron chi connectivity index (χ2n) is 9.74. The molecule has 3 aromatic rings. The van der Waals surface area contributed by atoms with Crippen molar-refractivity contribution in [3.8, 4) is 0 Å². The number of alkyl halides is 3. The standard InChI is InChI=1S/C25H29N5O.C2HF3O2/c1-28-23(10-13-27-28)22-18-29(16-21-9-5-12-26-15-21)19-25(22)11-6-14-30(24(25)31)17-20-7-3-2-4-8-20;3-2(4,5)1(6)7/h2-5,7-10,12-13,15,22H,6,11,14,16-19H2,1H3;(H,6,7)/t22-,25+;/m0./s1. The monoisotopic (exact) mass is 529 g/mol. The lowest BCUT2D eigenvalue weighted by atomic mass is 9.70. The van der Waals surface area contributed by atoms with Crippen LogP contribution >= 0.6 is 0 Å². The third-order valence-electron chi connectivity index (χ3n) is 7.18. The van der Waals surface area contributed by atoms with Crippen LogP contribution < -0.4 is 0 Å². The zero-order valence-corrected chi connectivity index (χ0v) is 21.0. The molecular formula is C27H30F3N5O3. The van der Waals surface area contributed by atoms with E-state index >= 15 is 0 Å². The van der Waals surface area contributed by atoms with E-state index in [4.69, 9.17) is 9.90 Å². The summed E-state index contributed by atoms with van der Waals surface area (Å²) in [4.78, 5) is 31.7. The van der Waals surface area contributed by atoms with Gasteiger partial charge in [-0.05, 0) is 36.1 Å². The number of hydrogen-bond acceptors (Lipinski definition) is 5. The molecule has 4 heterocycles. The first-order valence-corrected chi connectivity index (χ1v) is 12.3. The van der Waals surface area contributed by atoms with Crippen LogP contribution in [0.4, 0.5) is 13.2 Å². The molecule has 2 fully saturated rings. The molecule has 2 atom stereocenters. The lowest BCUT2D eigenvalue weighted by molar-refractivity contribution is -0.192. The Hall–Kier alpha value is -3.73. The molecule has 0 aliphatic carbocycles. The number of rotatable bonds is 5. The number of benzene rings is 1. The third-order valence-corrected chi connectivity index (χ3v) is 7.18. The molecule has 8 nitrogen and oxygen atoms in total. The van der Waals surface area contributed by atoms with E-state index in [0.29, 0.717) is 12.5 Å². The Morgan fingerprint density at radius 2 is 1.79 bits per heavy atom. The number of aromatic nitrogens is 3. The lowest BCUT2D eigenvalue weighted by Gasteiger charge is -2.42. The number of halogens is 3. The van der Waals surface area contributed by atoms with Gasteiger partial charge in [-0.2, -0.15) is 18.3 Å².